The molecule has 0 aromatic carbocycles. The summed E-state index contributed by atoms with van der Waals surface area (Å²) < 4.78 is 37.9. The largest absolute Gasteiger partial charge is 0.417 e. The van der Waals surface area contributed by atoms with Gasteiger partial charge in [0.25, 0.3) is 0 Å². The first-order valence-corrected chi connectivity index (χ1v) is 9.02. The van der Waals surface area contributed by atoms with Crippen LogP contribution in [0.5, 0.6) is 0 Å². The van der Waals surface area contributed by atoms with E-state index in [2.05, 4.69) is 18.8 Å². The number of thioether (sulfide) groups is 1. The molecule has 0 spiro atoms. The first kappa shape index (κ1) is 19.4. The van der Waals surface area contributed by atoms with Crippen molar-refractivity contribution in [3.05, 3.63) is 22.8 Å². The molecule has 8 heteroatoms. The summed E-state index contributed by atoms with van der Waals surface area (Å²) >= 11 is 7.00. The van der Waals surface area contributed by atoms with E-state index in [0.29, 0.717) is 24.9 Å². The van der Waals surface area contributed by atoms with Crippen molar-refractivity contribution in [3.63, 3.8) is 0 Å². The Kier molecular flexibility index (Phi) is 6.07. The number of carbonyl (C=O) groups excluding carboxylic acids is 1. The number of alkyl halides is 3. The van der Waals surface area contributed by atoms with Gasteiger partial charge in [0.1, 0.15) is 5.03 Å². The zero-order chi connectivity index (χ0) is 18.1. The summed E-state index contributed by atoms with van der Waals surface area (Å²) in [6.45, 7) is 7.38. The fraction of sp³-hybridized carbons (Fsp3) is 0.625. The van der Waals surface area contributed by atoms with Gasteiger partial charge in [0.05, 0.1) is 15.8 Å². The molecule has 0 saturated carbocycles. The van der Waals surface area contributed by atoms with Gasteiger partial charge >= 0.3 is 6.18 Å². The van der Waals surface area contributed by atoms with Crippen molar-refractivity contribution in [1.29, 1.82) is 0 Å². The predicted molar refractivity (Wildman–Crippen MR) is 89.1 cm³/mol. The van der Waals surface area contributed by atoms with E-state index in [4.69, 9.17) is 11.6 Å². The molecular formula is C16H20ClF3N2OS. The minimum atomic E-state index is -4.48. The van der Waals surface area contributed by atoms with Gasteiger partial charge in [-0.1, -0.05) is 37.2 Å². The van der Waals surface area contributed by atoms with Crippen molar-refractivity contribution in [1.82, 2.24) is 9.88 Å². The van der Waals surface area contributed by atoms with E-state index in [1.54, 1.807) is 6.92 Å². The first-order chi connectivity index (χ1) is 11.1. The molecule has 3 unspecified atom stereocenters. The smallest absolute Gasteiger partial charge is 0.341 e. The maximum Gasteiger partial charge on any atom is 0.417 e. The third kappa shape index (κ3) is 4.79. The number of hydrogen-bond acceptors (Lipinski definition) is 3. The van der Waals surface area contributed by atoms with Gasteiger partial charge in [-0.15, -0.1) is 0 Å². The molecule has 0 bridgehead atoms. The summed E-state index contributed by atoms with van der Waals surface area (Å²) in [5, 5.41) is -0.303. The lowest BCUT2D eigenvalue weighted by atomic mass is 9.92. The van der Waals surface area contributed by atoms with Crippen LogP contribution >= 0.6 is 23.4 Å². The molecule has 0 radical (unpaired) electrons. The summed E-state index contributed by atoms with van der Waals surface area (Å²) in [6.07, 6.45) is -2.64. The van der Waals surface area contributed by atoms with Crippen LogP contribution in [0.4, 0.5) is 13.2 Å². The molecule has 1 amide bonds. The highest BCUT2D eigenvalue weighted by Crippen LogP contribution is 2.35. The molecule has 3 atom stereocenters. The van der Waals surface area contributed by atoms with Crippen molar-refractivity contribution >= 4 is 29.3 Å². The Hall–Kier alpha value is -0.950. The molecule has 2 heterocycles. The SMILES string of the molecule is CC1CC(C)CN(C(=O)C(C)Sc2ncc(C(F)(F)F)cc2Cl)C1. The average Bonchev–Trinajstić information content (AvgIpc) is 2.46. The highest BCUT2D eigenvalue weighted by atomic mass is 35.5. The van der Waals surface area contributed by atoms with Crippen LogP contribution in [0.25, 0.3) is 0 Å². The summed E-state index contributed by atoms with van der Waals surface area (Å²) in [4.78, 5) is 18.2. The Morgan fingerprint density at radius 1 is 1.38 bits per heavy atom. The van der Waals surface area contributed by atoms with Crippen molar-refractivity contribution in [2.75, 3.05) is 13.1 Å². The van der Waals surface area contributed by atoms with Crippen LogP contribution in [0.1, 0.15) is 32.8 Å². The van der Waals surface area contributed by atoms with E-state index in [1.165, 1.54) is 0 Å². The molecule has 0 aliphatic carbocycles. The number of halogens is 4. The number of nitrogens with zero attached hydrogens (tertiary/aromatic N) is 2. The number of amides is 1. The third-order valence-corrected chi connectivity index (χ3v) is 5.46. The zero-order valence-electron chi connectivity index (χ0n) is 13.7. The molecule has 1 aromatic rings. The van der Waals surface area contributed by atoms with Crippen LogP contribution in [0, 0.1) is 11.8 Å². The lowest BCUT2D eigenvalue weighted by Gasteiger charge is -2.36. The number of piperidine rings is 1. The second-order valence-electron chi connectivity index (χ2n) is 6.46. The van der Waals surface area contributed by atoms with Gasteiger partial charge in [-0.3, -0.25) is 4.79 Å². The van der Waals surface area contributed by atoms with Crippen molar-refractivity contribution < 1.29 is 18.0 Å². The Morgan fingerprint density at radius 3 is 2.46 bits per heavy atom. The Bertz CT molecular complexity index is 601. The molecule has 1 aromatic heterocycles. The number of rotatable bonds is 3. The molecule has 24 heavy (non-hydrogen) atoms. The Balaban J connectivity index is 2.06. The van der Waals surface area contributed by atoms with Gasteiger partial charge in [0, 0.05) is 19.3 Å². The fourth-order valence-corrected chi connectivity index (χ4v) is 4.15. The van der Waals surface area contributed by atoms with Crippen molar-refractivity contribution in [2.24, 2.45) is 11.8 Å². The summed E-state index contributed by atoms with van der Waals surface area (Å²) in [6, 6.07) is 0.846. The van der Waals surface area contributed by atoms with Crippen LogP contribution < -0.4 is 0 Å². The highest BCUT2D eigenvalue weighted by Gasteiger charge is 2.33. The Labute approximate surface area is 149 Å². The van der Waals surface area contributed by atoms with Gasteiger partial charge in [-0.25, -0.2) is 4.98 Å². The number of hydrogen-bond donors (Lipinski definition) is 0. The molecule has 1 aliphatic heterocycles. The zero-order valence-corrected chi connectivity index (χ0v) is 15.3. The number of aromatic nitrogens is 1. The van der Waals surface area contributed by atoms with Gasteiger partial charge < -0.3 is 4.90 Å². The second kappa shape index (κ2) is 7.52. The lowest BCUT2D eigenvalue weighted by molar-refractivity contribution is -0.138. The maximum absolute atomic E-state index is 12.6. The summed E-state index contributed by atoms with van der Waals surface area (Å²) in [5.74, 6) is 0.863. The van der Waals surface area contributed by atoms with E-state index in [-0.39, 0.29) is 16.0 Å². The summed E-state index contributed by atoms with van der Waals surface area (Å²) in [7, 11) is 0. The summed E-state index contributed by atoms with van der Waals surface area (Å²) in [5.41, 5.74) is -0.894. The topological polar surface area (TPSA) is 33.2 Å². The maximum atomic E-state index is 12.6. The normalized spacial score (nSPS) is 23.2. The molecular weight excluding hydrogens is 361 g/mol. The van der Waals surface area contributed by atoms with Crippen LogP contribution in [0.3, 0.4) is 0 Å². The minimum absolute atomic E-state index is 0.0313. The third-order valence-electron chi connectivity index (χ3n) is 3.95. The van der Waals surface area contributed by atoms with E-state index in [9.17, 15) is 18.0 Å². The molecule has 1 fully saturated rings. The van der Waals surface area contributed by atoms with E-state index in [0.717, 1.165) is 30.4 Å². The predicted octanol–water partition coefficient (Wildman–Crippen LogP) is 4.74. The standard InChI is InChI=1S/C16H20ClF3N2OS/c1-9-4-10(2)8-22(7-9)15(23)11(3)24-14-13(17)5-12(6-21-14)16(18,19)20/h5-6,9-11H,4,7-8H2,1-3H3. The molecule has 0 N–H and O–H groups in total. The average molecular weight is 381 g/mol. The van der Waals surface area contributed by atoms with Crippen LogP contribution in [-0.2, 0) is 11.0 Å². The van der Waals surface area contributed by atoms with Crippen LogP contribution in [-0.4, -0.2) is 34.1 Å². The van der Waals surface area contributed by atoms with Gasteiger partial charge in [-0.05, 0) is 31.2 Å². The molecule has 2 rings (SSSR count). The van der Waals surface area contributed by atoms with Gasteiger partial charge in [0.2, 0.25) is 5.91 Å². The molecule has 3 nitrogen and oxygen atoms in total. The van der Waals surface area contributed by atoms with E-state index < -0.39 is 17.0 Å². The number of pyridine rings is 1. The van der Waals surface area contributed by atoms with Crippen molar-refractivity contribution in [2.45, 2.75) is 43.6 Å². The Morgan fingerprint density at radius 2 is 1.96 bits per heavy atom. The van der Waals surface area contributed by atoms with Gasteiger partial charge in [-0.2, -0.15) is 13.2 Å². The fourth-order valence-electron chi connectivity index (χ4n) is 2.98. The van der Waals surface area contributed by atoms with E-state index in [1.807, 2.05) is 4.90 Å². The van der Waals surface area contributed by atoms with Gasteiger partial charge in [0.15, 0.2) is 0 Å². The quantitative estimate of drug-likeness (QED) is 0.710. The van der Waals surface area contributed by atoms with E-state index >= 15 is 0 Å². The first-order valence-electron chi connectivity index (χ1n) is 7.76. The second-order valence-corrected chi connectivity index (χ2v) is 8.19. The number of likely N-dealkylation sites (tertiary alicyclic amines) is 1. The lowest BCUT2D eigenvalue weighted by Crippen LogP contribution is -2.45. The number of carbonyl (C=O) groups is 1. The minimum Gasteiger partial charge on any atom is -0.341 e. The van der Waals surface area contributed by atoms with Crippen molar-refractivity contribution in [3.8, 4) is 0 Å². The van der Waals surface area contributed by atoms with Crippen LogP contribution in [0.2, 0.25) is 5.02 Å². The highest BCUT2D eigenvalue weighted by molar-refractivity contribution is 8.00. The molecule has 1 aliphatic rings. The van der Waals surface area contributed by atoms with Crippen LogP contribution in [0.15, 0.2) is 17.3 Å². The monoisotopic (exact) mass is 380 g/mol. The molecule has 134 valence electrons. The molecule has 1 saturated heterocycles.